The summed E-state index contributed by atoms with van der Waals surface area (Å²) in [6, 6.07) is 12.3. The second-order valence-electron chi connectivity index (χ2n) is 4.56. The molecule has 0 spiro atoms. The van der Waals surface area contributed by atoms with E-state index in [-0.39, 0.29) is 6.04 Å². The van der Waals surface area contributed by atoms with Gasteiger partial charge in [0.2, 0.25) is 0 Å². The lowest BCUT2D eigenvalue weighted by Gasteiger charge is -2.12. The molecule has 3 aromatic heterocycles. The second kappa shape index (κ2) is 5.20. The summed E-state index contributed by atoms with van der Waals surface area (Å²) < 4.78 is 1.89. The molecule has 3 rings (SSSR count). The molecule has 0 radical (unpaired) electrons. The molecule has 0 aromatic carbocycles. The maximum atomic E-state index is 4.36. The third-order valence-electron chi connectivity index (χ3n) is 3.24. The number of aromatic nitrogens is 3. The van der Waals surface area contributed by atoms with Gasteiger partial charge in [-0.2, -0.15) is 5.10 Å². The molecule has 0 aliphatic carbocycles. The molecular weight excluding hydrogens is 236 g/mol. The normalized spacial score (nSPS) is 12.7. The molecule has 0 unspecified atom stereocenters. The molecule has 0 aliphatic rings. The van der Waals surface area contributed by atoms with Crippen LogP contribution < -0.4 is 5.32 Å². The lowest BCUT2D eigenvalue weighted by molar-refractivity contribution is 0.563. The van der Waals surface area contributed by atoms with Gasteiger partial charge in [-0.05, 0) is 31.2 Å². The standard InChI is InChI=1S/C15H16N4/c1-12(14-6-2-4-8-16-14)17-10-13-11-18-19-9-5-3-7-15(13)19/h2-9,11-12,17H,10H2,1H3/t12-/m0/s1. The number of pyridine rings is 2. The number of nitrogens with one attached hydrogen (secondary N) is 1. The topological polar surface area (TPSA) is 42.2 Å². The van der Waals surface area contributed by atoms with Crippen molar-refractivity contribution in [2.75, 3.05) is 0 Å². The van der Waals surface area contributed by atoms with Crippen molar-refractivity contribution in [1.82, 2.24) is 19.9 Å². The van der Waals surface area contributed by atoms with Crippen LogP contribution in [-0.4, -0.2) is 14.6 Å². The van der Waals surface area contributed by atoms with Gasteiger partial charge in [-0.15, -0.1) is 0 Å². The molecule has 0 saturated heterocycles. The number of hydrogen-bond acceptors (Lipinski definition) is 3. The third-order valence-corrected chi connectivity index (χ3v) is 3.24. The average molecular weight is 252 g/mol. The summed E-state index contributed by atoms with van der Waals surface area (Å²) in [5.41, 5.74) is 3.39. The molecule has 0 bridgehead atoms. The van der Waals surface area contributed by atoms with Crippen LogP contribution in [0.5, 0.6) is 0 Å². The van der Waals surface area contributed by atoms with Crippen LogP contribution in [-0.2, 0) is 6.54 Å². The molecule has 3 aromatic rings. The van der Waals surface area contributed by atoms with E-state index in [9.17, 15) is 0 Å². The second-order valence-corrected chi connectivity index (χ2v) is 4.56. The Labute approximate surface area is 112 Å². The zero-order valence-corrected chi connectivity index (χ0v) is 10.8. The largest absolute Gasteiger partial charge is 0.305 e. The molecule has 3 heterocycles. The Bertz CT molecular complexity index is 660. The van der Waals surface area contributed by atoms with E-state index in [1.54, 1.807) is 0 Å². The lowest BCUT2D eigenvalue weighted by atomic mass is 10.2. The van der Waals surface area contributed by atoms with E-state index >= 15 is 0 Å². The van der Waals surface area contributed by atoms with Gasteiger partial charge in [0.05, 0.1) is 17.4 Å². The SMILES string of the molecule is C[C@H](NCc1cnn2ccccc12)c1ccccn1. The Morgan fingerprint density at radius 2 is 2.11 bits per heavy atom. The molecule has 96 valence electrons. The summed E-state index contributed by atoms with van der Waals surface area (Å²) in [7, 11) is 0. The van der Waals surface area contributed by atoms with Gasteiger partial charge in [0.25, 0.3) is 0 Å². The zero-order valence-electron chi connectivity index (χ0n) is 10.8. The predicted octanol–water partition coefficient (Wildman–Crippen LogP) is 2.58. The molecular formula is C15H16N4. The van der Waals surface area contributed by atoms with Gasteiger partial charge in [-0.1, -0.05) is 12.1 Å². The zero-order chi connectivity index (χ0) is 13.1. The van der Waals surface area contributed by atoms with Crippen LogP contribution in [0.2, 0.25) is 0 Å². The number of fused-ring (bicyclic) bond motifs is 1. The third kappa shape index (κ3) is 2.48. The van der Waals surface area contributed by atoms with E-state index in [4.69, 9.17) is 0 Å². The summed E-state index contributed by atoms with van der Waals surface area (Å²) in [5.74, 6) is 0. The van der Waals surface area contributed by atoms with Gasteiger partial charge in [-0.3, -0.25) is 4.98 Å². The maximum absolute atomic E-state index is 4.36. The highest BCUT2D eigenvalue weighted by Gasteiger charge is 2.08. The highest BCUT2D eigenvalue weighted by Crippen LogP contribution is 2.13. The minimum Gasteiger partial charge on any atom is -0.305 e. The van der Waals surface area contributed by atoms with E-state index in [0.717, 1.165) is 17.8 Å². The summed E-state index contributed by atoms with van der Waals surface area (Å²) in [5, 5.41) is 7.81. The van der Waals surface area contributed by atoms with Crippen LogP contribution in [0.1, 0.15) is 24.2 Å². The van der Waals surface area contributed by atoms with E-state index < -0.39 is 0 Å². The fourth-order valence-corrected chi connectivity index (χ4v) is 2.12. The number of nitrogens with zero attached hydrogens (tertiary/aromatic N) is 3. The first-order chi connectivity index (χ1) is 9.34. The molecule has 0 amide bonds. The summed E-state index contributed by atoms with van der Waals surface area (Å²) in [6.45, 7) is 2.90. The molecule has 1 N–H and O–H groups in total. The minimum absolute atomic E-state index is 0.222. The van der Waals surface area contributed by atoms with Crippen LogP contribution >= 0.6 is 0 Å². The van der Waals surface area contributed by atoms with Crippen LogP contribution in [0, 0.1) is 0 Å². The smallest absolute Gasteiger partial charge is 0.0706 e. The van der Waals surface area contributed by atoms with Crippen LogP contribution in [0.3, 0.4) is 0 Å². The Morgan fingerprint density at radius 3 is 2.95 bits per heavy atom. The van der Waals surface area contributed by atoms with Crippen molar-refractivity contribution in [3.05, 3.63) is 66.2 Å². The van der Waals surface area contributed by atoms with Crippen molar-refractivity contribution in [2.45, 2.75) is 19.5 Å². The monoisotopic (exact) mass is 252 g/mol. The number of hydrogen-bond donors (Lipinski definition) is 1. The van der Waals surface area contributed by atoms with Gasteiger partial charge < -0.3 is 5.32 Å². The molecule has 0 aliphatic heterocycles. The maximum Gasteiger partial charge on any atom is 0.0706 e. The van der Waals surface area contributed by atoms with Crippen molar-refractivity contribution in [1.29, 1.82) is 0 Å². The molecule has 4 nitrogen and oxygen atoms in total. The van der Waals surface area contributed by atoms with Crippen molar-refractivity contribution < 1.29 is 0 Å². The molecule has 4 heteroatoms. The first-order valence-corrected chi connectivity index (χ1v) is 6.40. The van der Waals surface area contributed by atoms with Crippen molar-refractivity contribution in [3.63, 3.8) is 0 Å². The fourth-order valence-electron chi connectivity index (χ4n) is 2.12. The summed E-state index contributed by atoms with van der Waals surface area (Å²) in [6.07, 6.45) is 5.69. The Morgan fingerprint density at radius 1 is 1.21 bits per heavy atom. The quantitative estimate of drug-likeness (QED) is 0.776. The van der Waals surface area contributed by atoms with Crippen molar-refractivity contribution in [3.8, 4) is 0 Å². The van der Waals surface area contributed by atoms with Crippen LogP contribution in [0.4, 0.5) is 0 Å². The highest BCUT2D eigenvalue weighted by molar-refractivity contribution is 5.53. The lowest BCUT2D eigenvalue weighted by Crippen LogP contribution is -2.18. The predicted molar refractivity (Wildman–Crippen MR) is 74.7 cm³/mol. The number of rotatable bonds is 4. The van der Waals surface area contributed by atoms with Crippen molar-refractivity contribution in [2.24, 2.45) is 0 Å². The average Bonchev–Trinajstić information content (AvgIpc) is 2.89. The van der Waals surface area contributed by atoms with E-state index in [1.807, 2.05) is 53.4 Å². The molecule has 19 heavy (non-hydrogen) atoms. The first-order valence-electron chi connectivity index (χ1n) is 6.40. The molecule has 0 saturated carbocycles. The Balaban J connectivity index is 1.73. The van der Waals surface area contributed by atoms with Gasteiger partial charge in [0, 0.05) is 30.5 Å². The molecule has 0 fully saturated rings. The van der Waals surface area contributed by atoms with E-state index in [1.165, 1.54) is 5.56 Å². The highest BCUT2D eigenvalue weighted by atomic mass is 15.2. The fraction of sp³-hybridized carbons (Fsp3) is 0.200. The molecule has 1 atom stereocenters. The van der Waals surface area contributed by atoms with E-state index in [2.05, 4.69) is 28.4 Å². The van der Waals surface area contributed by atoms with Crippen molar-refractivity contribution >= 4 is 5.52 Å². The van der Waals surface area contributed by atoms with Gasteiger partial charge in [0.15, 0.2) is 0 Å². The Kier molecular flexibility index (Phi) is 3.25. The van der Waals surface area contributed by atoms with E-state index in [0.29, 0.717) is 0 Å². The first kappa shape index (κ1) is 11.9. The summed E-state index contributed by atoms with van der Waals surface area (Å²) >= 11 is 0. The minimum atomic E-state index is 0.222. The summed E-state index contributed by atoms with van der Waals surface area (Å²) in [4.78, 5) is 4.36. The van der Waals surface area contributed by atoms with Gasteiger partial charge in [-0.25, -0.2) is 4.52 Å². The van der Waals surface area contributed by atoms with Gasteiger partial charge >= 0.3 is 0 Å². The van der Waals surface area contributed by atoms with Crippen LogP contribution in [0.25, 0.3) is 5.52 Å². The van der Waals surface area contributed by atoms with Gasteiger partial charge in [0.1, 0.15) is 0 Å². The Hall–Kier alpha value is -2.20. The van der Waals surface area contributed by atoms with Crippen LogP contribution in [0.15, 0.2) is 55.0 Å².